The first-order chi connectivity index (χ1) is 13.7. The van der Waals surface area contributed by atoms with Gasteiger partial charge in [0, 0.05) is 41.3 Å². The van der Waals surface area contributed by atoms with Crippen molar-refractivity contribution < 1.29 is 4.58 Å². The highest BCUT2D eigenvalue weighted by Gasteiger charge is 2.46. The third-order valence-electron chi connectivity index (χ3n) is 7.12. The smallest absolute Gasteiger partial charge is 0.209 e. The van der Waals surface area contributed by atoms with E-state index in [1.54, 1.807) is 0 Å². The number of fused-ring (bicyclic) bond motifs is 4. The van der Waals surface area contributed by atoms with Gasteiger partial charge in [0.25, 0.3) is 0 Å². The summed E-state index contributed by atoms with van der Waals surface area (Å²) in [6.45, 7) is 9.38. The molecular weight excluding hydrogens is 352 g/mol. The van der Waals surface area contributed by atoms with E-state index in [0.717, 1.165) is 0 Å². The van der Waals surface area contributed by atoms with Gasteiger partial charge in [0.1, 0.15) is 7.05 Å². The third-order valence-corrected chi connectivity index (χ3v) is 7.12. The average molecular weight is 382 g/mol. The highest BCUT2D eigenvalue weighted by atomic mass is 15.2. The summed E-state index contributed by atoms with van der Waals surface area (Å²) in [5.74, 6) is 0. The van der Waals surface area contributed by atoms with Crippen LogP contribution < -0.4 is 4.90 Å². The van der Waals surface area contributed by atoms with Crippen molar-refractivity contribution in [2.24, 2.45) is 0 Å². The zero-order chi connectivity index (χ0) is 20.6. The predicted octanol–water partition coefficient (Wildman–Crippen LogP) is 6.16. The van der Waals surface area contributed by atoms with Crippen LogP contribution in [-0.2, 0) is 10.8 Å². The van der Waals surface area contributed by atoms with Gasteiger partial charge in [-0.3, -0.25) is 0 Å². The molecule has 0 atom stereocenters. The summed E-state index contributed by atoms with van der Waals surface area (Å²) in [5, 5.41) is 2.63. The monoisotopic (exact) mass is 381 g/mol. The Balaban J connectivity index is 1.73. The SMILES string of the molecule is CN1C(=CC2=[N+](C)c3ccccc3C2(C)C)C(C)(C)c2ccc3ccccc3c21. The minimum absolute atomic E-state index is 0.0217. The number of benzene rings is 3. The molecule has 3 aromatic rings. The zero-order valence-electron chi connectivity index (χ0n) is 18.2. The summed E-state index contributed by atoms with van der Waals surface area (Å²) in [5.41, 5.74) is 8.09. The van der Waals surface area contributed by atoms with E-state index in [1.807, 2.05) is 0 Å². The average Bonchev–Trinajstić information content (AvgIpc) is 3.02. The van der Waals surface area contributed by atoms with E-state index in [9.17, 15) is 0 Å². The van der Waals surface area contributed by atoms with Crippen molar-refractivity contribution in [3.63, 3.8) is 0 Å². The van der Waals surface area contributed by atoms with Crippen LogP contribution in [-0.4, -0.2) is 24.4 Å². The lowest BCUT2D eigenvalue weighted by atomic mass is 9.78. The van der Waals surface area contributed by atoms with Crippen molar-refractivity contribution in [1.29, 1.82) is 0 Å². The maximum atomic E-state index is 2.44. The van der Waals surface area contributed by atoms with Gasteiger partial charge >= 0.3 is 0 Å². The molecule has 0 N–H and O–H groups in total. The zero-order valence-corrected chi connectivity index (χ0v) is 18.2. The Morgan fingerprint density at radius 2 is 1.48 bits per heavy atom. The second-order valence-corrected chi connectivity index (χ2v) is 9.48. The molecule has 2 aliphatic rings. The molecule has 0 unspecified atom stereocenters. The van der Waals surface area contributed by atoms with Gasteiger partial charge in [-0.25, -0.2) is 0 Å². The molecule has 0 fully saturated rings. The van der Waals surface area contributed by atoms with Crippen LogP contribution in [0.5, 0.6) is 0 Å². The van der Waals surface area contributed by atoms with Crippen LogP contribution in [0.1, 0.15) is 38.8 Å². The molecule has 0 saturated carbocycles. The first kappa shape index (κ1) is 18.2. The summed E-state index contributed by atoms with van der Waals surface area (Å²) in [6, 6.07) is 22.1. The summed E-state index contributed by atoms with van der Waals surface area (Å²) in [7, 11) is 4.42. The topological polar surface area (TPSA) is 6.25 Å². The van der Waals surface area contributed by atoms with E-state index in [4.69, 9.17) is 0 Å². The van der Waals surface area contributed by atoms with Crippen molar-refractivity contribution in [1.82, 2.24) is 0 Å². The molecule has 0 radical (unpaired) electrons. The summed E-state index contributed by atoms with van der Waals surface area (Å²) < 4.78 is 2.37. The Kier molecular flexibility index (Phi) is 3.65. The number of hydrogen-bond acceptors (Lipinski definition) is 1. The quantitative estimate of drug-likeness (QED) is 0.458. The largest absolute Gasteiger partial charge is 0.346 e. The van der Waals surface area contributed by atoms with Crippen LogP contribution in [0.2, 0.25) is 0 Å². The van der Waals surface area contributed by atoms with Gasteiger partial charge in [0.15, 0.2) is 5.71 Å². The van der Waals surface area contributed by atoms with Crippen molar-refractivity contribution in [3.8, 4) is 0 Å². The number of allylic oxidation sites excluding steroid dienone is 2. The van der Waals surface area contributed by atoms with E-state index in [-0.39, 0.29) is 10.8 Å². The maximum absolute atomic E-state index is 2.44. The van der Waals surface area contributed by atoms with Crippen molar-refractivity contribution in [3.05, 3.63) is 83.6 Å². The van der Waals surface area contributed by atoms with Crippen LogP contribution >= 0.6 is 0 Å². The number of nitrogens with zero attached hydrogens (tertiary/aromatic N) is 2. The first-order valence-electron chi connectivity index (χ1n) is 10.4. The van der Waals surface area contributed by atoms with Gasteiger partial charge in [-0.1, -0.05) is 68.4 Å². The van der Waals surface area contributed by atoms with Crippen LogP contribution in [0.3, 0.4) is 0 Å². The fourth-order valence-electron chi connectivity index (χ4n) is 5.46. The number of likely N-dealkylation sites (N-methyl/N-ethyl adjacent to an activating group) is 1. The summed E-state index contributed by atoms with van der Waals surface area (Å²) in [4.78, 5) is 2.41. The Morgan fingerprint density at radius 1 is 0.793 bits per heavy atom. The van der Waals surface area contributed by atoms with Gasteiger partial charge < -0.3 is 4.90 Å². The highest BCUT2D eigenvalue weighted by molar-refractivity contribution is 6.06. The Morgan fingerprint density at radius 3 is 2.24 bits per heavy atom. The molecule has 0 saturated heterocycles. The summed E-state index contributed by atoms with van der Waals surface area (Å²) in [6.07, 6.45) is 2.44. The normalized spacial score (nSPS) is 20.5. The second kappa shape index (κ2) is 5.82. The van der Waals surface area contributed by atoms with Gasteiger partial charge in [-0.15, -0.1) is 0 Å². The van der Waals surface area contributed by atoms with E-state index < -0.39 is 0 Å². The number of para-hydroxylation sites is 1. The van der Waals surface area contributed by atoms with E-state index in [1.165, 1.54) is 44.7 Å². The lowest BCUT2D eigenvalue weighted by Gasteiger charge is -2.25. The number of rotatable bonds is 1. The van der Waals surface area contributed by atoms with Crippen molar-refractivity contribution in [2.45, 2.75) is 38.5 Å². The lowest BCUT2D eigenvalue weighted by Crippen LogP contribution is -2.31. The highest BCUT2D eigenvalue weighted by Crippen LogP contribution is 2.50. The van der Waals surface area contributed by atoms with E-state index in [2.05, 4.69) is 118 Å². The van der Waals surface area contributed by atoms with Gasteiger partial charge in [-0.05, 0) is 24.8 Å². The molecule has 5 rings (SSSR count). The summed E-state index contributed by atoms with van der Waals surface area (Å²) >= 11 is 0. The lowest BCUT2D eigenvalue weighted by molar-refractivity contribution is -0.401. The molecule has 0 amide bonds. The maximum Gasteiger partial charge on any atom is 0.209 e. The Labute approximate surface area is 173 Å². The number of hydrogen-bond donors (Lipinski definition) is 0. The second-order valence-electron chi connectivity index (χ2n) is 9.48. The van der Waals surface area contributed by atoms with Gasteiger partial charge in [0.05, 0.1) is 11.1 Å². The molecule has 0 aromatic heterocycles. The molecule has 2 heteroatoms. The van der Waals surface area contributed by atoms with E-state index >= 15 is 0 Å². The minimum atomic E-state index is -0.0488. The molecule has 29 heavy (non-hydrogen) atoms. The van der Waals surface area contributed by atoms with Crippen LogP contribution in [0, 0.1) is 0 Å². The van der Waals surface area contributed by atoms with Gasteiger partial charge in [-0.2, -0.15) is 4.58 Å². The molecule has 0 aliphatic carbocycles. The molecule has 146 valence electrons. The van der Waals surface area contributed by atoms with Crippen molar-refractivity contribution in [2.75, 3.05) is 19.0 Å². The molecule has 3 aromatic carbocycles. The molecular formula is C27H29N2+. The minimum Gasteiger partial charge on any atom is -0.346 e. The van der Waals surface area contributed by atoms with Crippen LogP contribution in [0.15, 0.2) is 72.4 Å². The third kappa shape index (κ3) is 2.32. The molecule has 0 bridgehead atoms. The van der Waals surface area contributed by atoms with Crippen LogP contribution in [0.4, 0.5) is 11.4 Å². The number of anilines is 1. The fourth-order valence-corrected chi connectivity index (χ4v) is 5.46. The fraction of sp³-hybridized carbons (Fsp3) is 0.296. The first-order valence-corrected chi connectivity index (χ1v) is 10.4. The molecule has 2 heterocycles. The van der Waals surface area contributed by atoms with Gasteiger partial charge in [0.2, 0.25) is 5.69 Å². The van der Waals surface area contributed by atoms with Crippen molar-refractivity contribution >= 4 is 27.9 Å². The predicted molar refractivity (Wildman–Crippen MR) is 124 cm³/mol. The molecule has 2 nitrogen and oxygen atoms in total. The molecule has 2 aliphatic heterocycles. The van der Waals surface area contributed by atoms with E-state index in [0.29, 0.717) is 0 Å². The Hall–Kier alpha value is -2.87. The van der Waals surface area contributed by atoms with Crippen LogP contribution in [0.25, 0.3) is 10.8 Å². The standard InChI is InChI=1S/C27H29N2/c1-26(2)20-13-9-10-14-22(20)28(5)23(26)17-24-27(3,4)21-16-15-18-11-7-8-12-19(18)25(21)29(24)6/h7-17H,1-6H3/q+1. The Bertz CT molecular complexity index is 1220. The molecule has 0 spiro atoms.